The second-order valence-corrected chi connectivity index (χ2v) is 10.0. The van der Waals surface area contributed by atoms with Gasteiger partial charge in [-0.1, -0.05) is 13.8 Å². The van der Waals surface area contributed by atoms with Crippen LogP contribution in [0.3, 0.4) is 0 Å². The molecule has 1 saturated heterocycles. The monoisotopic (exact) mass is 448 g/mol. The summed E-state index contributed by atoms with van der Waals surface area (Å²) < 4.78 is 15.2. The molecule has 2 atom stereocenters. The molecule has 6 N–H and O–H groups in total. The topological polar surface area (TPSA) is 97.4 Å². The molecule has 1 unspecified atom stereocenters. The van der Waals surface area contributed by atoms with Crippen LogP contribution in [0.5, 0.6) is 0 Å². The Morgan fingerprint density at radius 2 is 2.10 bits per heavy atom. The minimum Gasteiger partial charge on any atom is -0.368 e. The number of thiazole rings is 1. The molecule has 0 aliphatic carbocycles. The van der Waals surface area contributed by atoms with Crippen LogP contribution in [0.25, 0.3) is 0 Å². The molecule has 2 aromatic rings. The highest BCUT2D eigenvalue weighted by molar-refractivity contribution is 7.11. The number of benzene rings is 1. The van der Waals surface area contributed by atoms with Crippen molar-refractivity contribution in [3.8, 4) is 0 Å². The molecular weight excluding hydrogens is 413 g/mol. The van der Waals surface area contributed by atoms with Gasteiger partial charge in [-0.2, -0.15) is 10.6 Å². The number of nitrogens with two attached hydrogens (primary N) is 2. The van der Waals surface area contributed by atoms with E-state index in [1.807, 2.05) is 6.20 Å². The van der Waals surface area contributed by atoms with Gasteiger partial charge in [-0.3, -0.25) is 10.6 Å². The van der Waals surface area contributed by atoms with Crippen LogP contribution in [0.15, 0.2) is 18.3 Å². The maximum absolute atomic E-state index is 15.2. The highest BCUT2D eigenvalue weighted by atomic mass is 32.1. The average molecular weight is 449 g/mol. The largest absolute Gasteiger partial charge is 0.368 e. The summed E-state index contributed by atoms with van der Waals surface area (Å²) in [5, 5.41) is 3.78. The van der Waals surface area contributed by atoms with Crippen molar-refractivity contribution in [3.63, 3.8) is 0 Å². The number of amidine groups is 1. The van der Waals surface area contributed by atoms with Gasteiger partial charge in [0.25, 0.3) is 0 Å². The van der Waals surface area contributed by atoms with Gasteiger partial charge in [0, 0.05) is 36.8 Å². The molecule has 0 saturated carbocycles. The molecule has 1 fully saturated rings. The van der Waals surface area contributed by atoms with Crippen molar-refractivity contribution >= 4 is 22.9 Å². The predicted octanol–water partition coefficient (Wildman–Crippen LogP) is 1.23. The quantitative estimate of drug-likeness (QED) is 0.220. The summed E-state index contributed by atoms with van der Waals surface area (Å²) in [6, 6.07) is 4.18. The fourth-order valence-electron chi connectivity index (χ4n) is 4.37. The average Bonchev–Trinajstić information content (AvgIpc) is 3.13. The first-order chi connectivity index (χ1) is 14.7. The third kappa shape index (κ3) is 5.34. The molecule has 170 valence electrons. The van der Waals surface area contributed by atoms with E-state index < -0.39 is 0 Å². The minimum absolute atomic E-state index is 0.174. The molecule has 1 aromatic heterocycles. The van der Waals surface area contributed by atoms with Gasteiger partial charge in [0.2, 0.25) is 0 Å². The normalized spacial score (nSPS) is 19.2. The van der Waals surface area contributed by atoms with Crippen molar-refractivity contribution in [1.82, 2.24) is 15.4 Å². The van der Waals surface area contributed by atoms with Gasteiger partial charge in [-0.25, -0.2) is 15.2 Å². The van der Waals surface area contributed by atoms with E-state index in [9.17, 15) is 0 Å². The molecule has 0 radical (unpaired) electrons. The minimum atomic E-state index is -0.338. The molecule has 0 bridgehead atoms. The van der Waals surface area contributed by atoms with Crippen LogP contribution in [0, 0.1) is 18.7 Å². The Kier molecular flexibility index (Phi) is 7.51. The molecule has 7 nitrogen and oxygen atoms in total. The lowest BCUT2D eigenvalue weighted by Gasteiger charge is -2.43. The smallest absolute Gasteiger partial charge is 0.302 e. The number of rotatable bonds is 7. The van der Waals surface area contributed by atoms with Crippen LogP contribution in [0.2, 0.25) is 0 Å². The van der Waals surface area contributed by atoms with Gasteiger partial charge >= 0.3 is 5.84 Å². The molecule has 0 spiro atoms. The van der Waals surface area contributed by atoms with Crippen LogP contribution in [-0.2, 0) is 6.42 Å². The fourth-order valence-corrected chi connectivity index (χ4v) is 5.21. The summed E-state index contributed by atoms with van der Waals surface area (Å²) in [5.41, 5.74) is 10.6. The van der Waals surface area contributed by atoms with E-state index >= 15 is 4.39 Å². The van der Waals surface area contributed by atoms with Crippen LogP contribution < -0.4 is 27.1 Å². The third-order valence-electron chi connectivity index (χ3n) is 5.76. The number of aromatic nitrogens is 1. The van der Waals surface area contributed by atoms with E-state index in [4.69, 9.17) is 11.6 Å². The molecule has 1 aliphatic rings. The highest BCUT2D eigenvalue weighted by Gasteiger charge is 2.32. The molecule has 1 aliphatic heterocycles. The predicted molar refractivity (Wildman–Crippen MR) is 125 cm³/mol. The first kappa shape index (κ1) is 23.4. The van der Waals surface area contributed by atoms with Crippen LogP contribution >= 0.6 is 11.3 Å². The van der Waals surface area contributed by atoms with Crippen molar-refractivity contribution in [2.75, 3.05) is 24.5 Å². The van der Waals surface area contributed by atoms with Crippen molar-refractivity contribution in [2.24, 2.45) is 17.5 Å². The number of nitrogen functional groups attached to an aromatic ring is 1. The van der Waals surface area contributed by atoms with E-state index in [1.165, 1.54) is 4.88 Å². The Bertz CT molecular complexity index is 927. The number of hydrogen-bond donors (Lipinski definition) is 4. The molecule has 3 rings (SSSR count). The Balaban J connectivity index is 1.89. The van der Waals surface area contributed by atoms with E-state index in [2.05, 4.69) is 66.1 Å². The number of piperazine rings is 1. The summed E-state index contributed by atoms with van der Waals surface area (Å²) in [6.07, 6.45) is 2.74. The van der Waals surface area contributed by atoms with Gasteiger partial charge in [0.05, 0.1) is 11.7 Å². The third-order valence-corrected chi connectivity index (χ3v) is 6.85. The first-order valence-electron chi connectivity index (χ1n) is 10.8. The summed E-state index contributed by atoms with van der Waals surface area (Å²) in [4.78, 5) is 10.5. The number of aryl methyl sites for hydroxylation is 1. The van der Waals surface area contributed by atoms with Gasteiger partial charge in [-0.15, -0.1) is 11.3 Å². The Morgan fingerprint density at radius 1 is 1.35 bits per heavy atom. The van der Waals surface area contributed by atoms with Gasteiger partial charge < -0.3 is 4.90 Å². The van der Waals surface area contributed by atoms with Crippen molar-refractivity contribution in [2.45, 2.75) is 53.1 Å². The van der Waals surface area contributed by atoms with E-state index in [1.54, 1.807) is 17.4 Å². The van der Waals surface area contributed by atoms with Crippen molar-refractivity contribution < 1.29 is 9.49 Å². The first-order valence-corrected chi connectivity index (χ1v) is 11.6. The highest BCUT2D eigenvalue weighted by Crippen LogP contribution is 2.32. The lowest BCUT2D eigenvalue weighted by atomic mass is 9.98. The maximum atomic E-state index is 15.2. The van der Waals surface area contributed by atoms with Gasteiger partial charge in [0.15, 0.2) is 0 Å². The lowest BCUT2D eigenvalue weighted by molar-refractivity contribution is -0.528. The van der Waals surface area contributed by atoms with Crippen LogP contribution in [0.1, 0.15) is 54.7 Å². The lowest BCUT2D eigenvalue weighted by Crippen LogP contribution is -2.87. The SMILES string of the molecule is Cc1cnc(C(C)N2CCN(c3cc(CC(C)C)cc(F)c3/C(N)=[NH+]/NN)C[C@@H]2C)s1. The molecule has 1 aromatic carbocycles. The number of hydrazine groups is 2. The zero-order valence-electron chi connectivity index (χ0n) is 19.1. The van der Waals surface area contributed by atoms with Crippen LogP contribution in [-0.4, -0.2) is 41.4 Å². The maximum Gasteiger partial charge on any atom is 0.302 e. The molecular formula is C22H35FN7S+. The number of hydrazone groups is 1. The van der Waals surface area contributed by atoms with E-state index in [0.717, 1.165) is 42.3 Å². The van der Waals surface area contributed by atoms with Crippen molar-refractivity contribution in [1.29, 1.82) is 0 Å². The number of anilines is 1. The summed E-state index contributed by atoms with van der Waals surface area (Å²) in [5.74, 6) is 5.63. The van der Waals surface area contributed by atoms with E-state index in [0.29, 0.717) is 11.5 Å². The fraction of sp³-hybridized carbons (Fsp3) is 0.545. The molecule has 0 amide bonds. The molecule has 31 heavy (non-hydrogen) atoms. The number of nitrogens with one attached hydrogen (secondary N) is 2. The second-order valence-electron chi connectivity index (χ2n) is 8.77. The number of halogens is 1. The summed E-state index contributed by atoms with van der Waals surface area (Å²) in [6.45, 7) is 13.2. The molecule has 9 heteroatoms. The Labute approximate surface area is 188 Å². The van der Waals surface area contributed by atoms with Gasteiger partial charge in [0.1, 0.15) is 16.4 Å². The summed E-state index contributed by atoms with van der Waals surface area (Å²) in [7, 11) is 0. The second kappa shape index (κ2) is 9.93. The zero-order chi connectivity index (χ0) is 22.7. The Morgan fingerprint density at radius 3 is 2.68 bits per heavy atom. The standard InChI is InChI=1S/C22H34FN7S/c1-13(2)8-17-9-18(23)20(21(24)27-28-25)19(10-17)29-6-7-30(14(3)12-29)16(5)22-26-11-15(4)31-22/h9-11,13-14,16,28H,6-8,12,25H2,1-5H3,(H2,24,27)/p+1/t14-,16?/m0/s1. The molecule has 2 heterocycles. The zero-order valence-corrected chi connectivity index (χ0v) is 19.9. The summed E-state index contributed by atoms with van der Waals surface area (Å²) >= 11 is 1.75. The van der Waals surface area contributed by atoms with Crippen LogP contribution in [0.4, 0.5) is 10.1 Å². The van der Waals surface area contributed by atoms with E-state index in [-0.39, 0.29) is 23.7 Å². The van der Waals surface area contributed by atoms with Gasteiger partial charge in [-0.05, 0) is 50.8 Å². The Hall–Kier alpha value is -2.23. The number of hydrogen-bond acceptors (Lipinski definition) is 6. The van der Waals surface area contributed by atoms with Crippen molar-refractivity contribution in [3.05, 3.63) is 45.2 Å². The number of nitrogens with zero attached hydrogens (tertiary/aromatic N) is 3.